The van der Waals surface area contributed by atoms with Gasteiger partial charge in [-0.15, -0.1) is 0 Å². The fourth-order valence-corrected chi connectivity index (χ4v) is 1.96. The summed E-state index contributed by atoms with van der Waals surface area (Å²) in [5.41, 5.74) is 2.40. The predicted molar refractivity (Wildman–Crippen MR) is 69.1 cm³/mol. The summed E-state index contributed by atoms with van der Waals surface area (Å²) >= 11 is 3.42. The summed E-state index contributed by atoms with van der Waals surface area (Å²) in [6.07, 6.45) is 3.09. The van der Waals surface area contributed by atoms with Crippen molar-refractivity contribution in [3.05, 3.63) is 41.4 Å². The largest absolute Gasteiger partial charge is 0.340 e. The van der Waals surface area contributed by atoms with Crippen molar-refractivity contribution in [2.75, 3.05) is 5.32 Å². The van der Waals surface area contributed by atoms with E-state index >= 15 is 0 Å². The molecule has 17 heavy (non-hydrogen) atoms. The van der Waals surface area contributed by atoms with Gasteiger partial charge in [-0.3, -0.25) is 0 Å². The molecule has 84 valence electrons. The second kappa shape index (κ2) is 4.14. The monoisotopic (exact) mass is 289 g/mol. The highest BCUT2D eigenvalue weighted by molar-refractivity contribution is 9.10. The summed E-state index contributed by atoms with van der Waals surface area (Å²) in [6.45, 7) is 0. The van der Waals surface area contributed by atoms with E-state index in [-0.39, 0.29) is 0 Å². The molecule has 0 saturated heterocycles. The van der Waals surface area contributed by atoms with Gasteiger partial charge in [0.15, 0.2) is 11.5 Å². The average Bonchev–Trinajstić information content (AvgIpc) is 2.78. The third-order valence-electron chi connectivity index (χ3n) is 2.31. The van der Waals surface area contributed by atoms with E-state index in [1.165, 1.54) is 6.33 Å². The molecule has 0 aliphatic carbocycles. The Balaban J connectivity index is 2.02. The van der Waals surface area contributed by atoms with E-state index in [0.717, 1.165) is 15.7 Å². The molecule has 0 unspecified atom stereocenters. The molecule has 0 aliphatic rings. The van der Waals surface area contributed by atoms with Crippen molar-refractivity contribution < 1.29 is 0 Å². The molecule has 3 aromatic rings. The second-order valence-corrected chi connectivity index (χ2v) is 4.37. The van der Waals surface area contributed by atoms with Crippen molar-refractivity contribution in [1.82, 2.24) is 19.9 Å². The van der Waals surface area contributed by atoms with E-state index in [2.05, 4.69) is 41.2 Å². The van der Waals surface area contributed by atoms with Crippen LogP contribution in [0.15, 0.2) is 41.4 Å². The number of rotatable bonds is 2. The van der Waals surface area contributed by atoms with Crippen LogP contribution in [0.3, 0.4) is 0 Å². The number of benzene rings is 1. The lowest BCUT2D eigenvalue weighted by Crippen LogP contribution is -1.95. The SMILES string of the molecule is Brc1cccc(Nc2ncnc3nc[nH]c23)c1. The zero-order chi connectivity index (χ0) is 11.7. The van der Waals surface area contributed by atoms with E-state index < -0.39 is 0 Å². The van der Waals surface area contributed by atoms with Crippen LogP contribution in [0.25, 0.3) is 11.2 Å². The van der Waals surface area contributed by atoms with E-state index in [0.29, 0.717) is 11.5 Å². The van der Waals surface area contributed by atoms with Crippen LogP contribution in [0.4, 0.5) is 11.5 Å². The molecule has 0 saturated carbocycles. The van der Waals surface area contributed by atoms with Crippen molar-refractivity contribution in [3.8, 4) is 0 Å². The van der Waals surface area contributed by atoms with Crippen LogP contribution in [0, 0.1) is 0 Å². The van der Waals surface area contributed by atoms with E-state index in [4.69, 9.17) is 0 Å². The molecule has 0 amide bonds. The van der Waals surface area contributed by atoms with Gasteiger partial charge in [-0.2, -0.15) is 0 Å². The summed E-state index contributed by atoms with van der Waals surface area (Å²) in [4.78, 5) is 15.3. The Kier molecular flexibility index (Phi) is 2.49. The number of halogens is 1. The average molecular weight is 290 g/mol. The highest BCUT2D eigenvalue weighted by atomic mass is 79.9. The van der Waals surface area contributed by atoms with E-state index in [1.54, 1.807) is 6.33 Å². The first-order valence-electron chi connectivity index (χ1n) is 4.99. The molecule has 6 heteroatoms. The van der Waals surface area contributed by atoms with Crippen molar-refractivity contribution in [3.63, 3.8) is 0 Å². The zero-order valence-electron chi connectivity index (χ0n) is 8.68. The molecule has 1 aromatic carbocycles. The van der Waals surface area contributed by atoms with Gasteiger partial charge in [0.1, 0.15) is 11.8 Å². The van der Waals surface area contributed by atoms with Gasteiger partial charge in [0.25, 0.3) is 0 Å². The lowest BCUT2D eigenvalue weighted by atomic mass is 10.3. The highest BCUT2D eigenvalue weighted by Crippen LogP contribution is 2.22. The third kappa shape index (κ3) is 1.99. The van der Waals surface area contributed by atoms with Crippen LogP contribution in [0.5, 0.6) is 0 Å². The number of fused-ring (bicyclic) bond motifs is 1. The van der Waals surface area contributed by atoms with Crippen molar-refractivity contribution in [1.29, 1.82) is 0 Å². The quantitative estimate of drug-likeness (QED) is 0.761. The summed E-state index contributed by atoms with van der Waals surface area (Å²) < 4.78 is 1.01. The first kappa shape index (κ1) is 10.2. The summed E-state index contributed by atoms with van der Waals surface area (Å²) in [6, 6.07) is 7.87. The zero-order valence-corrected chi connectivity index (χ0v) is 10.3. The minimum Gasteiger partial charge on any atom is -0.340 e. The third-order valence-corrected chi connectivity index (χ3v) is 2.80. The van der Waals surface area contributed by atoms with Crippen LogP contribution in [-0.2, 0) is 0 Å². The van der Waals surface area contributed by atoms with Crippen molar-refractivity contribution >= 4 is 38.6 Å². The molecule has 2 aromatic heterocycles. The Morgan fingerprint density at radius 1 is 1.18 bits per heavy atom. The smallest absolute Gasteiger partial charge is 0.182 e. The molecule has 3 rings (SSSR count). The number of H-pyrrole nitrogens is 1. The number of hydrogen-bond acceptors (Lipinski definition) is 4. The Morgan fingerprint density at radius 3 is 3.00 bits per heavy atom. The molecular weight excluding hydrogens is 282 g/mol. The maximum Gasteiger partial charge on any atom is 0.182 e. The van der Waals surface area contributed by atoms with E-state index in [1.807, 2.05) is 24.3 Å². The molecular formula is C11H8BrN5. The molecule has 5 nitrogen and oxygen atoms in total. The summed E-state index contributed by atoms with van der Waals surface area (Å²) in [5, 5.41) is 3.22. The minimum absolute atomic E-state index is 0.650. The normalized spacial score (nSPS) is 10.6. The minimum atomic E-state index is 0.650. The first-order valence-corrected chi connectivity index (χ1v) is 5.79. The summed E-state index contributed by atoms with van der Waals surface area (Å²) in [5.74, 6) is 0.714. The highest BCUT2D eigenvalue weighted by Gasteiger charge is 2.05. The molecule has 2 heterocycles. The van der Waals surface area contributed by atoms with E-state index in [9.17, 15) is 0 Å². The van der Waals surface area contributed by atoms with Gasteiger partial charge in [0.2, 0.25) is 0 Å². The van der Waals surface area contributed by atoms with Gasteiger partial charge < -0.3 is 10.3 Å². The molecule has 0 bridgehead atoms. The van der Waals surface area contributed by atoms with Gasteiger partial charge in [-0.25, -0.2) is 15.0 Å². The lowest BCUT2D eigenvalue weighted by Gasteiger charge is -2.05. The molecule has 0 spiro atoms. The maximum atomic E-state index is 4.20. The molecule has 0 fully saturated rings. The number of anilines is 2. The van der Waals surface area contributed by atoms with Crippen molar-refractivity contribution in [2.24, 2.45) is 0 Å². The number of nitrogens with zero attached hydrogens (tertiary/aromatic N) is 3. The fraction of sp³-hybridized carbons (Fsp3) is 0. The number of hydrogen-bond donors (Lipinski definition) is 2. The predicted octanol–water partition coefficient (Wildman–Crippen LogP) is 2.86. The number of aromatic amines is 1. The van der Waals surface area contributed by atoms with Crippen LogP contribution in [0.1, 0.15) is 0 Å². The Hall–Kier alpha value is -1.95. The van der Waals surface area contributed by atoms with Gasteiger partial charge in [-0.05, 0) is 18.2 Å². The standard InChI is InChI=1S/C11H8BrN5/c12-7-2-1-3-8(4-7)17-11-9-10(14-5-13-9)15-6-16-11/h1-6H,(H2,13,14,15,16,17). The van der Waals surface area contributed by atoms with Crippen LogP contribution < -0.4 is 5.32 Å². The molecule has 0 radical (unpaired) electrons. The number of imidazole rings is 1. The Bertz CT molecular complexity index is 664. The van der Waals surface area contributed by atoms with Gasteiger partial charge >= 0.3 is 0 Å². The fourth-order valence-electron chi connectivity index (χ4n) is 1.56. The Labute approximate surface area is 105 Å². The number of aromatic nitrogens is 4. The first-order chi connectivity index (χ1) is 8.33. The molecule has 0 atom stereocenters. The topological polar surface area (TPSA) is 66.5 Å². The van der Waals surface area contributed by atoms with Crippen molar-refractivity contribution in [2.45, 2.75) is 0 Å². The second-order valence-electron chi connectivity index (χ2n) is 3.46. The van der Waals surface area contributed by atoms with Gasteiger partial charge in [-0.1, -0.05) is 22.0 Å². The van der Waals surface area contributed by atoms with Crippen LogP contribution >= 0.6 is 15.9 Å². The van der Waals surface area contributed by atoms with Crippen LogP contribution in [-0.4, -0.2) is 19.9 Å². The molecule has 0 aliphatic heterocycles. The number of nitrogens with one attached hydrogen (secondary N) is 2. The van der Waals surface area contributed by atoms with Crippen LogP contribution in [0.2, 0.25) is 0 Å². The maximum absolute atomic E-state index is 4.20. The molecule has 2 N–H and O–H groups in total. The van der Waals surface area contributed by atoms with Gasteiger partial charge in [0, 0.05) is 10.2 Å². The summed E-state index contributed by atoms with van der Waals surface area (Å²) in [7, 11) is 0. The Morgan fingerprint density at radius 2 is 2.12 bits per heavy atom. The van der Waals surface area contributed by atoms with Gasteiger partial charge in [0.05, 0.1) is 6.33 Å². The lowest BCUT2D eigenvalue weighted by molar-refractivity contribution is 1.20.